The van der Waals surface area contributed by atoms with Crippen LogP contribution < -0.4 is 0 Å². The van der Waals surface area contributed by atoms with Crippen LogP contribution in [0.4, 0.5) is 13.2 Å². The van der Waals surface area contributed by atoms with Crippen LogP contribution in [0, 0.1) is 6.92 Å². The fourth-order valence-electron chi connectivity index (χ4n) is 3.61. The van der Waals surface area contributed by atoms with E-state index in [1.165, 1.54) is 12.3 Å². The maximum absolute atomic E-state index is 13.2. The minimum absolute atomic E-state index is 0.0426. The minimum atomic E-state index is -4.56. The first kappa shape index (κ1) is 25.6. The van der Waals surface area contributed by atoms with Crippen molar-refractivity contribution in [3.63, 3.8) is 0 Å². The van der Waals surface area contributed by atoms with Crippen LogP contribution in [0.3, 0.4) is 0 Å². The fourth-order valence-corrected chi connectivity index (χ4v) is 4.21. The summed E-state index contributed by atoms with van der Waals surface area (Å²) in [4.78, 5) is 16.5. The van der Waals surface area contributed by atoms with Crippen molar-refractivity contribution in [2.24, 2.45) is 0 Å². The highest BCUT2D eigenvalue weighted by Gasteiger charge is 2.33. The van der Waals surface area contributed by atoms with Gasteiger partial charge in [0, 0.05) is 24.7 Å². The topological polar surface area (TPSA) is 64.1 Å². The number of sulfone groups is 1. The third-order valence-electron chi connectivity index (χ3n) is 5.42. The van der Waals surface area contributed by atoms with Crippen LogP contribution in [0.25, 0.3) is 11.3 Å². The lowest BCUT2D eigenvalue weighted by Gasteiger charge is -2.13. The third kappa shape index (κ3) is 7.52. The molecule has 0 N–H and O–H groups in total. The van der Waals surface area contributed by atoms with Gasteiger partial charge in [-0.1, -0.05) is 54.1 Å². The van der Waals surface area contributed by atoms with Crippen LogP contribution in [0.5, 0.6) is 0 Å². The van der Waals surface area contributed by atoms with Gasteiger partial charge in [0.2, 0.25) is 0 Å². The van der Waals surface area contributed by atoms with Crippen LogP contribution in [-0.4, -0.2) is 31.2 Å². The molecule has 1 heterocycles. The fraction of sp³-hybridized carbons (Fsp3) is 0.308. The van der Waals surface area contributed by atoms with Gasteiger partial charge >= 0.3 is 6.18 Å². The number of hydrogen-bond donors (Lipinski definition) is 0. The summed E-state index contributed by atoms with van der Waals surface area (Å²) in [5.74, 6) is 0.0226. The molecule has 180 valence electrons. The first-order valence-electron chi connectivity index (χ1n) is 10.8. The Bertz CT molecular complexity index is 1270. The van der Waals surface area contributed by atoms with Gasteiger partial charge in [0.25, 0.3) is 0 Å². The molecular weight excluding hydrogens is 463 g/mol. The number of aryl methyl sites for hydroxylation is 3. The zero-order chi connectivity index (χ0) is 24.9. The molecule has 0 aliphatic heterocycles. The van der Waals surface area contributed by atoms with E-state index in [4.69, 9.17) is 0 Å². The van der Waals surface area contributed by atoms with Gasteiger partial charge in [-0.2, -0.15) is 13.2 Å². The van der Waals surface area contributed by atoms with Crippen LogP contribution in [0.15, 0.2) is 60.7 Å². The number of aromatic nitrogens is 1. The van der Waals surface area contributed by atoms with Crippen LogP contribution in [-0.2, 0) is 40.1 Å². The smallest absolute Gasteiger partial charge is 0.299 e. The molecule has 0 saturated carbocycles. The highest BCUT2D eigenvalue weighted by molar-refractivity contribution is 7.90. The summed E-state index contributed by atoms with van der Waals surface area (Å²) < 4.78 is 62.3. The minimum Gasteiger partial charge on any atom is -0.299 e. The number of nitrogens with zero attached hydrogens (tertiary/aromatic N) is 1. The Kier molecular flexibility index (Phi) is 7.92. The number of Topliss-reactive ketones (excluding diaryl/α,β-unsaturated/α-hetero) is 1. The molecule has 0 amide bonds. The van der Waals surface area contributed by atoms with Crippen molar-refractivity contribution in [3.8, 4) is 11.3 Å². The molecule has 0 atom stereocenters. The van der Waals surface area contributed by atoms with E-state index in [0.717, 1.165) is 22.8 Å². The molecule has 8 heteroatoms. The highest BCUT2D eigenvalue weighted by atomic mass is 32.2. The van der Waals surface area contributed by atoms with Crippen molar-refractivity contribution in [1.82, 2.24) is 4.98 Å². The number of pyridine rings is 1. The normalized spacial score (nSPS) is 12.0. The Morgan fingerprint density at radius 1 is 0.941 bits per heavy atom. The van der Waals surface area contributed by atoms with E-state index in [-0.39, 0.29) is 36.5 Å². The number of carbonyl (C=O) groups excluding carboxylic acids is 1. The van der Waals surface area contributed by atoms with Gasteiger partial charge in [-0.3, -0.25) is 4.79 Å². The molecule has 0 unspecified atom stereocenters. The van der Waals surface area contributed by atoms with Gasteiger partial charge in [-0.05, 0) is 48.6 Å². The molecule has 34 heavy (non-hydrogen) atoms. The summed E-state index contributed by atoms with van der Waals surface area (Å²) in [7, 11) is -3.04. The molecule has 0 bridgehead atoms. The third-order valence-corrected chi connectivity index (χ3v) is 6.37. The maximum Gasteiger partial charge on any atom is 0.433 e. The molecule has 0 aliphatic rings. The van der Waals surface area contributed by atoms with Gasteiger partial charge in [-0.25, -0.2) is 13.4 Å². The lowest BCUT2D eigenvalue weighted by Crippen LogP contribution is -2.11. The summed E-state index contributed by atoms with van der Waals surface area (Å²) in [5.41, 5.74) is 3.02. The van der Waals surface area contributed by atoms with E-state index < -0.39 is 21.7 Å². The quantitative estimate of drug-likeness (QED) is 0.403. The number of ketones is 1. The summed E-state index contributed by atoms with van der Waals surface area (Å²) in [6.07, 6.45) is -2.31. The number of halogens is 3. The summed E-state index contributed by atoms with van der Waals surface area (Å²) >= 11 is 0. The number of hydrogen-bond acceptors (Lipinski definition) is 4. The van der Waals surface area contributed by atoms with Crippen LogP contribution in [0.2, 0.25) is 0 Å². The first-order valence-corrected chi connectivity index (χ1v) is 12.9. The number of benzene rings is 2. The average Bonchev–Trinajstić information content (AvgIpc) is 2.76. The van der Waals surface area contributed by atoms with Gasteiger partial charge in [0.15, 0.2) is 0 Å². The molecule has 1 aromatic heterocycles. The standard InChI is InChI=1S/C26H26F3NO3S/c1-18-4-3-5-22(16-18)25-21(11-13-24(30-25)26(27,28)29)10-12-23(31)17-20-8-6-19(7-9-20)14-15-34(2,32)33/h3-9,11,13,16H,10,12,14-15,17H2,1-2H3. The zero-order valence-electron chi connectivity index (χ0n) is 19.0. The van der Waals surface area contributed by atoms with E-state index in [1.807, 2.05) is 25.1 Å². The predicted molar refractivity (Wildman–Crippen MR) is 126 cm³/mol. The second-order valence-corrected chi connectivity index (χ2v) is 10.7. The Balaban J connectivity index is 1.70. The Morgan fingerprint density at radius 3 is 2.24 bits per heavy atom. The lowest BCUT2D eigenvalue weighted by molar-refractivity contribution is -0.141. The second-order valence-electron chi connectivity index (χ2n) is 8.48. The van der Waals surface area contributed by atoms with E-state index >= 15 is 0 Å². The SMILES string of the molecule is Cc1cccc(-c2nc(C(F)(F)F)ccc2CCC(=O)Cc2ccc(CCS(C)(=O)=O)cc2)c1. The summed E-state index contributed by atoms with van der Waals surface area (Å²) in [6.45, 7) is 1.85. The molecule has 0 spiro atoms. The van der Waals surface area contributed by atoms with Crippen LogP contribution in [0.1, 0.15) is 34.4 Å². The molecule has 0 aliphatic carbocycles. The maximum atomic E-state index is 13.2. The second kappa shape index (κ2) is 10.5. The molecule has 0 radical (unpaired) electrons. The summed E-state index contributed by atoms with van der Waals surface area (Å²) in [5, 5.41) is 0. The van der Waals surface area contributed by atoms with Crippen molar-refractivity contribution < 1.29 is 26.4 Å². The van der Waals surface area contributed by atoms with Crippen molar-refractivity contribution >= 4 is 15.6 Å². The number of rotatable bonds is 9. The number of carbonyl (C=O) groups is 1. The van der Waals surface area contributed by atoms with Crippen molar-refractivity contribution in [2.75, 3.05) is 12.0 Å². The molecule has 2 aromatic carbocycles. The molecule has 3 aromatic rings. The van der Waals surface area contributed by atoms with Gasteiger partial charge in [-0.15, -0.1) is 0 Å². The molecule has 4 nitrogen and oxygen atoms in total. The van der Waals surface area contributed by atoms with E-state index in [0.29, 0.717) is 17.5 Å². The Hall–Kier alpha value is -3.00. The van der Waals surface area contributed by atoms with Gasteiger partial charge < -0.3 is 0 Å². The average molecular weight is 490 g/mol. The van der Waals surface area contributed by atoms with Crippen molar-refractivity contribution in [1.29, 1.82) is 0 Å². The Labute approximate surface area is 197 Å². The molecular formula is C26H26F3NO3S. The van der Waals surface area contributed by atoms with Gasteiger partial charge in [0.1, 0.15) is 21.3 Å². The lowest BCUT2D eigenvalue weighted by atomic mass is 9.97. The predicted octanol–water partition coefficient (Wildman–Crippen LogP) is 5.41. The molecule has 0 fully saturated rings. The van der Waals surface area contributed by atoms with Crippen LogP contribution >= 0.6 is 0 Å². The largest absolute Gasteiger partial charge is 0.433 e. The molecule has 3 rings (SSSR count). The number of alkyl halides is 3. The van der Waals surface area contributed by atoms with Crippen molar-refractivity contribution in [2.45, 2.75) is 38.8 Å². The highest BCUT2D eigenvalue weighted by Crippen LogP contribution is 2.32. The Morgan fingerprint density at radius 2 is 1.62 bits per heavy atom. The zero-order valence-corrected chi connectivity index (χ0v) is 19.8. The summed E-state index contributed by atoms with van der Waals surface area (Å²) in [6, 6.07) is 16.7. The van der Waals surface area contributed by atoms with Crippen molar-refractivity contribution in [3.05, 3.63) is 88.6 Å². The van der Waals surface area contributed by atoms with E-state index in [2.05, 4.69) is 4.98 Å². The van der Waals surface area contributed by atoms with E-state index in [9.17, 15) is 26.4 Å². The van der Waals surface area contributed by atoms with Gasteiger partial charge in [0.05, 0.1) is 11.4 Å². The first-order chi connectivity index (χ1) is 15.9. The monoisotopic (exact) mass is 489 g/mol. The van der Waals surface area contributed by atoms with E-state index in [1.54, 1.807) is 30.3 Å². The molecule has 0 saturated heterocycles.